The van der Waals surface area contributed by atoms with Crippen LogP contribution in [0.15, 0.2) is 27.4 Å². The first-order valence-corrected chi connectivity index (χ1v) is 7.50. The van der Waals surface area contributed by atoms with E-state index in [1.54, 1.807) is 6.20 Å². The van der Waals surface area contributed by atoms with Crippen molar-refractivity contribution in [2.75, 3.05) is 20.1 Å². The van der Waals surface area contributed by atoms with Gasteiger partial charge in [-0.25, -0.2) is 4.98 Å². The Balaban J connectivity index is 1.50. The second kappa shape index (κ2) is 6.41. The van der Waals surface area contributed by atoms with E-state index < -0.39 is 0 Å². The van der Waals surface area contributed by atoms with E-state index in [9.17, 15) is 0 Å². The molecule has 3 heterocycles. The van der Waals surface area contributed by atoms with E-state index in [2.05, 4.69) is 33.9 Å². The van der Waals surface area contributed by atoms with E-state index >= 15 is 0 Å². The van der Waals surface area contributed by atoms with E-state index in [1.807, 2.05) is 12.3 Å². The van der Waals surface area contributed by atoms with Crippen LogP contribution in [0, 0.1) is 0 Å². The van der Waals surface area contributed by atoms with Gasteiger partial charge in [0.1, 0.15) is 5.76 Å². The van der Waals surface area contributed by atoms with Crippen molar-refractivity contribution in [2.24, 2.45) is 0 Å². The van der Waals surface area contributed by atoms with Crippen LogP contribution in [0.3, 0.4) is 0 Å². The second-order valence-corrected chi connectivity index (χ2v) is 5.65. The van der Waals surface area contributed by atoms with Crippen molar-refractivity contribution >= 4 is 0 Å². The Morgan fingerprint density at radius 2 is 2.33 bits per heavy atom. The molecule has 0 radical (unpaired) electrons. The van der Waals surface area contributed by atoms with E-state index in [4.69, 9.17) is 8.94 Å². The average molecular weight is 290 g/mol. The number of nitrogens with zero attached hydrogens (tertiary/aromatic N) is 4. The van der Waals surface area contributed by atoms with Crippen LogP contribution < -0.4 is 0 Å². The molecule has 1 fully saturated rings. The lowest BCUT2D eigenvalue weighted by atomic mass is 10.2. The molecule has 6 heteroatoms. The van der Waals surface area contributed by atoms with E-state index in [1.165, 1.54) is 0 Å². The summed E-state index contributed by atoms with van der Waals surface area (Å²) in [5.41, 5.74) is 0. The van der Waals surface area contributed by atoms with Crippen molar-refractivity contribution in [2.45, 2.75) is 38.9 Å². The summed E-state index contributed by atoms with van der Waals surface area (Å²) in [5.74, 6) is 2.69. The van der Waals surface area contributed by atoms with Crippen LogP contribution in [-0.4, -0.2) is 46.1 Å². The fraction of sp³-hybridized carbons (Fsp3) is 0.600. The Bertz CT molecular complexity index is 552. The lowest BCUT2D eigenvalue weighted by Gasteiger charge is -2.23. The largest absolute Gasteiger partial charge is 0.444 e. The van der Waals surface area contributed by atoms with Crippen LogP contribution in [0.4, 0.5) is 0 Å². The molecule has 0 aromatic carbocycles. The summed E-state index contributed by atoms with van der Waals surface area (Å²) in [4.78, 5) is 9.06. The van der Waals surface area contributed by atoms with Gasteiger partial charge in [0.05, 0.1) is 25.5 Å². The highest BCUT2D eigenvalue weighted by Crippen LogP contribution is 2.18. The summed E-state index contributed by atoms with van der Waals surface area (Å²) in [5, 5.41) is 3.75. The Hall–Kier alpha value is -1.66. The molecule has 21 heavy (non-hydrogen) atoms. The van der Waals surface area contributed by atoms with Gasteiger partial charge >= 0.3 is 0 Å². The molecule has 2 aromatic rings. The molecule has 6 nitrogen and oxygen atoms in total. The summed E-state index contributed by atoms with van der Waals surface area (Å²) < 4.78 is 10.9. The smallest absolute Gasteiger partial charge is 0.208 e. The summed E-state index contributed by atoms with van der Waals surface area (Å²) in [6.45, 7) is 5.80. The molecule has 0 unspecified atom stereocenters. The molecule has 0 N–H and O–H groups in total. The highest BCUT2D eigenvalue weighted by molar-refractivity contribution is 4.96. The number of aryl methyl sites for hydroxylation is 1. The molecule has 0 spiro atoms. The maximum atomic E-state index is 5.69. The minimum atomic E-state index is 0.532. The highest BCUT2D eigenvalue weighted by atomic mass is 16.5. The average Bonchev–Trinajstić information content (AvgIpc) is 3.20. The van der Waals surface area contributed by atoms with Gasteiger partial charge in [-0.3, -0.25) is 9.80 Å². The van der Waals surface area contributed by atoms with Crippen LogP contribution >= 0.6 is 0 Å². The molecule has 2 aromatic heterocycles. The van der Waals surface area contributed by atoms with Crippen LogP contribution in [-0.2, 0) is 19.5 Å². The van der Waals surface area contributed by atoms with Crippen molar-refractivity contribution in [3.05, 3.63) is 35.9 Å². The van der Waals surface area contributed by atoms with Crippen molar-refractivity contribution in [1.82, 2.24) is 19.9 Å². The number of rotatable bonds is 6. The monoisotopic (exact) mass is 290 g/mol. The predicted octanol–water partition coefficient (Wildman–Crippen LogP) is 1.93. The van der Waals surface area contributed by atoms with Crippen molar-refractivity contribution in [3.8, 4) is 0 Å². The van der Waals surface area contributed by atoms with Gasteiger partial charge in [-0.1, -0.05) is 12.1 Å². The van der Waals surface area contributed by atoms with Gasteiger partial charge in [0.15, 0.2) is 5.76 Å². The third-order valence-corrected chi connectivity index (χ3v) is 4.08. The molecule has 1 aliphatic heterocycles. The maximum absolute atomic E-state index is 5.69. The number of aromatic nitrogens is 2. The minimum Gasteiger partial charge on any atom is -0.444 e. The molecule has 1 saturated heterocycles. The standard InChI is InChI=1S/C15H22N4O2/c1-3-13-8-16-15(20-13)11-18(2)12-5-7-19(9-12)10-14-4-6-17-21-14/h4,6,8,12H,3,5,7,9-11H2,1-2H3/t12-/m1/s1. The summed E-state index contributed by atoms with van der Waals surface area (Å²) in [6, 6.07) is 2.46. The SMILES string of the molecule is CCc1cnc(CN(C)[C@@H]2CCN(Cc3ccno3)C2)o1. The van der Waals surface area contributed by atoms with Crippen LogP contribution in [0.25, 0.3) is 0 Å². The molecule has 114 valence electrons. The van der Waals surface area contributed by atoms with Gasteiger partial charge in [0.2, 0.25) is 5.89 Å². The number of likely N-dealkylation sites (tertiary alicyclic amines) is 1. The van der Waals surface area contributed by atoms with Gasteiger partial charge in [-0.2, -0.15) is 0 Å². The van der Waals surface area contributed by atoms with Gasteiger partial charge in [0.25, 0.3) is 0 Å². The first-order chi connectivity index (χ1) is 10.2. The summed E-state index contributed by atoms with van der Waals surface area (Å²) >= 11 is 0. The Morgan fingerprint density at radius 3 is 3.05 bits per heavy atom. The lowest BCUT2D eigenvalue weighted by Crippen LogP contribution is -2.34. The Morgan fingerprint density at radius 1 is 1.43 bits per heavy atom. The topological polar surface area (TPSA) is 58.5 Å². The third kappa shape index (κ3) is 3.51. The molecular formula is C15H22N4O2. The molecule has 1 atom stereocenters. The summed E-state index contributed by atoms with van der Waals surface area (Å²) in [7, 11) is 2.14. The normalized spacial score (nSPS) is 19.7. The zero-order chi connectivity index (χ0) is 14.7. The van der Waals surface area contributed by atoms with Gasteiger partial charge in [0, 0.05) is 31.6 Å². The molecular weight excluding hydrogens is 268 g/mol. The first-order valence-electron chi connectivity index (χ1n) is 7.50. The maximum Gasteiger partial charge on any atom is 0.208 e. The lowest BCUT2D eigenvalue weighted by molar-refractivity contribution is 0.198. The Labute approximate surface area is 124 Å². The number of hydrogen-bond donors (Lipinski definition) is 0. The molecule has 0 saturated carbocycles. The van der Waals surface area contributed by atoms with Crippen LogP contribution in [0.1, 0.15) is 30.8 Å². The molecule has 0 amide bonds. The van der Waals surface area contributed by atoms with Crippen LogP contribution in [0.5, 0.6) is 0 Å². The molecule has 0 aliphatic carbocycles. The first kappa shape index (κ1) is 14.3. The zero-order valence-corrected chi connectivity index (χ0v) is 12.7. The van der Waals surface area contributed by atoms with Gasteiger partial charge < -0.3 is 8.94 Å². The molecule has 3 rings (SSSR count). The van der Waals surface area contributed by atoms with Gasteiger partial charge in [-0.15, -0.1) is 0 Å². The Kier molecular flexibility index (Phi) is 4.36. The van der Waals surface area contributed by atoms with E-state index in [-0.39, 0.29) is 0 Å². The fourth-order valence-electron chi connectivity index (χ4n) is 2.79. The third-order valence-electron chi connectivity index (χ3n) is 4.08. The number of hydrogen-bond acceptors (Lipinski definition) is 6. The van der Waals surface area contributed by atoms with E-state index in [0.717, 1.165) is 56.4 Å². The highest BCUT2D eigenvalue weighted by Gasteiger charge is 2.27. The molecule has 1 aliphatic rings. The minimum absolute atomic E-state index is 0.532. The predicted molar refractivity (Wildman–Crippen MR) is 77.5 cm³/mol. The molecule has 0 bridgehead atoms. The van der Waals surface area contributed by atoms with Gasteiger partial charge in [-0.05, 0) is 13.5 Å². The van der Waals surface area contributed by atoms with E-state index in [0.29, 0.717) is 6.04 Å². The second-order valence-electron chi connectivity index (χ2n) is 5.65. The van der Waals surface area contributed by atoms with Crippen molar-refractivity contribution in [3.63, 3.8) is 0 Å². The van der Waals surface area contributed by atoms with Crippen molar-refractivity contribution in [1.29, 1.82) is 0 Å². The van der Waals surface area contributed by atoms with Crippen LogP contribution in [0.2, 0.25) is 0 Å². The number of likely N-dealkylation sites (N-methyl/N-ethyl adjacent to an activating group) is 1. The van der Waals surface area contributed by atoms with Crippen molar-refractivity contribution < 1.29 is 8.94 Å². The fourth-order valence-corrected chi connectivity index (χ4v) is 2.79. The number of oxazole rings is 1. The summed E-state index contributed by atoms with van der Waals surface area (Å²) in [6.07, 6.45) is 5.58. The quantitative estimate of drug-likeness (QED) is 0.810. The zero-order valence-electron chi connectivity index (χ0n) is 12.7.